The Bertz CT molecular complexity index is 692. The van der Waals surface area contributed by atoms with Gasteiger partial charge in [-0.15, -0.1) is 0 Å². The third kappa shape index (κ3) is 1.48. The lowest BCUT2D eigenvalue weighted by atomic mass is 10.3. The molecule has 5 heteroatoms. The lowest BCUT2D eigenvalue weighted by Crippen LogP contribution is -2.02. The van der Waals surface area contributed by atoms with Crippen LogP contribution in [0.2, 0.25) is 0 Å². The highest BCUT2D eigenvalue weighted by atomic mass is 15.1. The summed E-state index contributed by atoms with van der Waals surface area (Å²) < 4.78 is 3.95. The Hall–Kier alpha value is -2.30. The van der Waals surface area contributed by atoms with Gasteiger partial charge in [0.2, 0.25) is 0 Å². The van der Waals surface area contributed by atoms with Crippen molar-refractivity contribution in [1.29, 1.82) is 0 Å². The number of anilines is 1. The van der Waals surface area contributed by atoms with Crippen LogP contribution in [0.3, 0.4) is 0 Å². The predicted molar refractivity (Wildman–Crippen MR) is 71.2 cm³/mol. The monoisotopic (exact) mass is 241 g/mol. The summed E-state index contributed by atoms with van der Waals surface area (Å²) in [7, 11) is 0. The summed E-state index contributed by atoms with van der Waals surface area (Å²) in [5.74, 6) is 0.646. The van der Waals surface area contributed by atoms with Gasteiger partial charge < -0.3 is 10.3 Å². The van der Waals surface area contributed by atoms with Crippen LogP contribution < -0.4 is 5.73 Å². The molecule has 92 valence electrons. The molecule has 3 heterocycles. The molecular weight excluding hydrogens is 226 g/mol. The van der Waals surface area contributed by atoms with Crippen LogP contribution in [0, 0.1) is 0 Å². The van der Waals surface area contributed by atoms with Gasteiger partial charge in [0.1, 0.15) is 17.2 Å². The third-order valence-electron chi connectivity index (χ3n) is 3.03. The van der Waals surface area contributed by atoms with Crippen molar-refractivity contribution in [2.24, 2.45) is 0 Å². The summed E-state index contributed by atoms with van der Waals surface area (Å²) in [5, 5.41) is 0. The second kappa shape index (κ2) is 3.87. The van der Waals surface area contributed by atoms with Gasteiger partial charge in [-0.3, -0.25) is 4.40 Å². The summed E-state index contributed by atoms with van der Waals surface area (Å²) >= 11 is 0. The highest BCUT2D eigenvalue weighted by molar-refractivity contribution is 5.72. The quantitative estimate of drug-likeness (QED) is 0.749. The minimum atomic E-state index is 0.326. The van der Waals surface area contributed by atoms with Crippen molar-refractivity contribution >= 4 is 11.5 Å². The first-order valence-electron chi connectivity index (χ1n) is 5.93. The molecule has 5 nitrogen and oxygen atoms in total. The summed E-state index contributed by atoms with van der Waals surface area (Å²) in [5.41, 5.74) is 8.74. The Labute approximate surface area is 105 Å². The first-order valence-corrected chi connectivity index (χ1v) is 5.93. The Morgan fingerprint density at radius 1 is 1.28 bits per heavy atom. The topological polar surface area (TPSA) is 61.1 Å². The van der Waals surface area contributed by atoms with Gasteiger partial charge in [-0.1, -0.05) is 6.07 Å². The van der Waals surface area contributed by atoms with Crippen molar-refractivity contribution in [3.8, 4) is 11.4 Å². The maximum absolute atomic E-state index is 6.16. The van der Waals surface area contributed by atoms with E-state index in [-0.39, 0.29) is 0 Å². The van der Waals surface area contributed by atoms with E-state index in [0.29, 0.717) is 11.9 Å². The first kappa shape index (κ1) is 10.8. The number of nitrogens with zero attached hydrogens (tertiary/aromatic N) is 4. The molecule has 0 spiro atoms. The average Bonchev–Trinajstić information content (AvgIpc) is 2.94. The van der Waals surface area contributed by atoms with Gasteiger partial charge in [-0.25, -0.2) is 9.97 Å². The Morgan fingerprint density at radius 2 is 2.11 bits per heavy atom. The van der Waals surface area contributed by atoms with E-state index in [1.54, 1.807) is 6.20 Å². The van der Waals surface area contributed by atoms with Gasteiger partial charge in [0, 0.05) is 12.2 Å². The molecule has 0 fully saturated rings. The predicted octanol–water partition coefficient (Wildman–Crippen LogP) is 2.36. The standard InChI is InChI=1S/C13H15N5/c1-9(2)18-8-15-7-10(18)12-13(14)17-6-4-3-5-11(17)16-12/h3-9H,14H2,1-2H3. The van der Waals surface area contributed by atoms with E-state index in [1.807, 2.05) is 35.1 Å². The molecule has 0 radical (unpaired) electrons. The van der Waals surface area contributed by atoms with Crippen molar-refractivity contribution in [2.75, 3.05) is 5.73 Å². The van der Waals surface area contributed by atoms with E-state index in [1.165, 1.54) is 0 Å². The van der Waals surface area contributed by atoms with Crippen LogP contribution in [0.5, 0.6) is 0 Å². The molecule has 0 amide bonds. The van der Waals surface area contributed by atoms with Crippen molar-refractivity contribution in [1.82, 2.24) is 18.9 Å². The average molecular weight is 241 g/mol. The second-order valence-corrected chi connectivity index (χ2v) is 4.55. The highest BCUT2D eigenvalue weighted by Gasteiger charge is 2.15. The van der Waals surface area contributed by atoms with Gasteiger partial charge in [0.15, 0.2) is 0 Å². The molecule has 0 saturated carbocycles. The molecule has 0 aliphatic rings. The number of nitrogen functional groups attached to an aromatic ring is 1. The largest absolute Gasteiger partial charge is 0.383 e. The Morgan fingerprint density at radius 3 is 2.83 bits per heavy atom. The molecule has 0 saturated heterocycles. The number of aromatic nitrogens is 4. The Balaban J connectivity index is 2.25. The smallest absolute Gasteiger partial charge is 0.139 e. The molecule has 3 aromatic heterocycles. The van der Waals surface area contributed by atoms with Crippen molar-refractivity contribution in [2.45, 2.75) is 19.9 Å². The molecular formula is C13H15N5. The highest BCUT2D eigenvalue weighted by Crippen LogP contribution is 2.27. The number of pyridine rings is 1. The molecule has 18 heavy (non-hydrogen) atoms. The molecule has 3 aromatic rings. The molecule has 2 N–H and O–H groups in total. The lowest BCUT2D eigenvalue weighted by molar-refractivity contribution is 0.605. The molecule has 0 bridgehead atoms. The van der Waals surface area contributed by atoms with E-state index >= 15 is 0 Å². The molecule has 0 unspecified atom stereocenters. The summed E-state index contributed by atoms with van der Waals surface area (Å²) in [6, 6.07) is 6.15. The van der Waals surface area contributed by atoms with Gasteiger partial charge >= 0.3 is 0 Å². The summed E-state index contributed by atoms with van der Waals surface area (Å²) in [4.78, 5) is 8.76. The van der Waals surface area contributed by atoms with Crippen molar-refractivity contribution < 1.29 is 0 Å². The maximum Gasteiger partial charge on any atom is 0.139 e. The number of imidazole rings is 2. The third-order valence-corrected chi connectivity index (χ3v) is 3.03. The first-order chi connectivity index (χ1) is 8.68. The number of hydrogen-bond donors (Lipinski definition) is 1. The van der Waals surface area contributed by atoms with Gasteiger partial charge in [-0.05, 0) is 26.0 Å². The summed E-state index contributed by atoms with van der Waals surface area (Å²) in [6.07, 6.45) is 5.53. The van der Waals surface area contributed by atoms with Crippen LogP contribution in [0.25, 0.3) is 17.0 Å². The number of fused-ring (bicyclic) bond motifs is 1. The van der Waals surface area contributed by atoms with Gasteiger partial charge in [0.25, 0.3) is 0 Å². The SMILES string of the molecule is CC(C)n1cncc1-c1nc2ccccn2c1N. The van der Waals surface area contributed by atoms with Crippen molar-refractivity contribution in [3.05, 3.63) is 36.9 Å². The molecule has 0 aliphatic heterocycles. The molecule has 3 rings (SSSR count). The van der Waals surface area contributed by atoms with Crippen LogP contribution in [-0.2, 0) is 0 Å². The second-order valence-electron chi connectivity index (χ2n) is 4.55. The number of nitrogens with two attached hydrogens (primary N) is 1. The van der Waals surface area contributed by atoms with E-state index in [0.717, 1.165) is 17.0 Å². The van der Waals surface area contributed by atoms with Gasteiger partial charge in [-0.2, -0.15) is 0 Å². The van der Waals surface area contributed by atoms with E-state index in [4.69, 9.17) is 5.73 Å². The zero-order valence-corrected chi connectivity index (χ0v) is 10.4. The fourth-order valence-corrected chi connectivity index (χ4v) is 2.10. The lowest BCUT2D eigenvalue weighted by Gasteiger charge is -2.10. The summed E-state index contributed by atoms with van der Waals surface area (Å²) in [6.45, 7) is 4.22. The minimum Gasteiger partial charge on any atom is -0.383 e. The fraction of sp³-hybridized carbons (Fsp3) is 0.231. The van der Waals surface area contributed by atoms with E-state index < -0.39 is 0 Å². The van der Waals surface area contributed by atoms with Crippen LogP contribution in [0.4, 0.5) is 5.82 Å². The molecule has 0 aliphatic carbocycles. The Kier molecular flexibility index (Phi) is 2.33. The molecule has 0 atom stereocenters. The van der Waals surface area contributed by atoms with Crippen molar-refractivity contribution in [3.63, 3.8) is 0 Å². The van der Waals surface area contributed by atoms with Crippen LogP contribution >= 0.6 is 0 Å². The van der Waals surface area contributed by atoms with Gasteiger partial charge in [0.05, 0.1) is 18.2 Å². The number of rotatable bonds is 2. The van der Waals surface area contributed by atoms with Crippen LogP contribution in [0.15, 0.2) is 36.9 Å². The minimum absolute atomic E-state index is 0.326. The van der Waals surface area contributed by atoms with E-state index in [2.05, 4.69) is 28.4 Å². The van der Waals surface area contributed by atoms with E-state index in [9.17, 15) is 0 Å². The fourth-order valence-electron chi connectivity index (χ4n) is 2.10. The molecule has 0 aromatic carbocycles. The zero-order chi connectivity index (χ0) is 12.7. The van der Waals surface area contributed by atoms with Crippen LogP contribution in [-0.4, -0.2) is 18.9 Å². The number of hydrogen-bond acceptors (Lipinski definition) is 3. The normalized spacial score (nSPS) is 11.5. The maximum atomic E-state index is 6.16. The zero-order valence-electron chi connectivity index (χ0n) is 10.4. The van der Waals surface area contributed by atoms with Crippen LogP contribution in [0.1, 0.15) is 19.9 Å².